The molecule has 0 radical (unpaired) electrons. The largest absolute Gasteiger partial charge is 0.0585 e. The lowest BCUT2D eigenvalue weighted by atomic mass is 9.85. The maximum atomic E-state index is 2.44. The third-order valence-corrected chi connectivity index (χ3v) is 5.68. The third-order valence-electron chi connectivity index (χ3n) is 5.68. The van der Waals surface area contributed by atoms with Gasteiger partial charge in [0.2, 0.25) is 0 Å². The standard InChI is InChI=1S/C21H26/c1-13-12-20-9-8-18-6-7-19(15(3)14(18)2)10-11-21(13)17(5)16(20)4/h6-7,12H,8-11H2,1-5H3. The molecule has 0 aliphatic heterocycles. The van der Waals surface area contributed by atoms with E-state index in [1.165, 1.54) is 50.9 Å². The van der Waals surface area contributed by atoms with Crippen LogP contribution in [0.5, 0.6) is 0 Å². The summed E-state index contributed by atoms with van der Waals surface area (Å²) in [6.45, 7) is 11.5. The summed E-state index contributed by atoms with van der Waals surface area (Å²) >= 11 is 0. The van der Waals surface area contributed by atoms with Crippen LogP contribution in [0.3, 0.4) is 0 Å². The minimum Gasteiger partial charge on any atom is -0.0585 e. The van der Waals surface area contributed by atoms with Crippen molar-refractivity contribution in [1.82, 2.24) is 0 Å². The molecular formula is C21H26. The fourth-order valence-electron chi connectivity index (χ4n) is 3.87. The molecule has 0 fully saturated rings. The van der Waals surface area contributed by atoms with E-state index in [-0.39, 0.29) is 0 Å². The first-order valence-corrected chi connectivity index (χ1v) is 8.15. The van der Waals surface area contributed by atoms with Crippen LogP contribution in [0.4, 0.5) is 0 Å². The Morgan fingerprint density at radius 2 is 1.05 bits per heavy atom. The Labute approximate surface area is 129 Å². The van der Waals surface area contributed by atoms with E-state index in [2.05, 4.69) is 52.8 Å². The molecule has 6 rings (SSSR count). The first-order chi connectivity index (χ1) is 9.99. The minimum absolute atomic E-state index is 1.16. The predicted molar refractivity (Wildman–Crippen MR) is 91.4 cm³/mol. The highest BCUT2D eigenvalue weighted by Crippen LogP contribution is 2.28. The van der Waals surface area contributed by atoms with Crippen molar-refractivity contribution in [2.75, 3.05) is 0 Å². The number of hydrogen-bond donors (Lipinski definition) is 0. The van der Waals surface area contributed by atoms with Crippen LogP contribution in [0.25, 0.3) is 0 Å². The topological polar surface area (TPSA) is 0 Å². The van der Waals surface area contributed by atoms with Crippen molar-refractivity contribution in [1.29, 1.82) is 0 Å². The summed E-state index contributed by atoms with van der Waals surface area (Å²) in [5.74, 6) is 0. The van der Waals surface area contributed by atoms with E-state index < -0.39 is 0 Å². The molecule has 0 nitrogen and oxygen atoms in total. The summed E-state index contributed by atoms with van der Waals surface area (Å²) in [6.07, 6.45) is 4.64. The van der Waals surface area contributed by atoms with E-state index in [1.807, 2.05) is 0 Å². The molecule has 2 aromatic rings. The van der Waals surface area contributed by atoms with Gasteiger partial charge in [-0.05, 0) is 110 Å². The first-order valence-electron chi connectivity index (χ1n) is 8.15. The van der Waals surface area contributed by atoms with E-state index >= 15 is 0 Å². The van der Waals surface area contributed by atoms with Crippen LogP contribution in [-0.2, 0) is 25.7 Å². The molecule has 4 bridgehead atoms. The van der Waals surface area contributed by atoms with Crippen LogP contribution in [0.15, 0.2) is 18.2 Å². The van der Waals surface area contributed by atoms with Crippen LogP contribution in [-0.4, -0.2) is 0 Å². The molecule has 0 saturated heterocycles. The molecule has 4 aliphatic rings. The summed E-state index contributed by atoms with van der Waals surface area (Å²) in [4.78, 5) is 0. The Morgan fingerprint density at radius 3 is 1.67 bits per heavy atom. The molecule has 0 aromatic heterocycles. The highest BCUT2D eigenvalue weighted by atomic mass is 14.2. The molecule has 110 valence electrons. The van der Waals surface area contributed by atoms with Crippen LogP contribution in [0, 0.1) is 34.6 Å². The molecule has 2 aromatic carbocycles. The normalized spacial score (nSPS) is 14.1. The lowest BCUT2D eigenvalue weighted by Gasteiger charge is -2.21. The molecule has 0 atom stereocenters. The molecule has 21 heavy (non-hydrogen) atoms. The SMILES string of the molecule is Cc1cc2c(C)c(C)c1CCc1ccc(c(C)c1C)CC2. The van der Waals surface area contributed by atoms with Gasteiger partial charge in [-0.25, -0.2) is 0 Å². The van der Waals surface area contributed by atoms with E-state index in [4.69, 9.17) is 0 Å². The Kier molecular flexibility index (Phi) is 3.65. The minimum atomic E-state index is 1.16. The zero-order valence-electron chi connectivity index (χ0n) is 14.1. The predicted octanol–water partition coefficient (Wildman–Crippen LogP) is 5.11. The lowest BCUT2D eigenvalue weighted by Crippen LogP contribution is -2.08. The summed E-state index contributed by atoms with van der Waals surface area (Å²) in [5.41, 5.74) is 13.7. The second-order valence-electron chi connectivity index (χ2n) is 6.71. The maximum Gasteiger partial charge on any atom is -0.0233 e. The maximum absolute atomic E-state index is 2.44. The van der Waals surface area contributed by atoms with Gasteiger partial charge < -0.3 is 0 Å². The van der Waals surface area contributed by atoms with Crippen molar-refractivity contribution in [3.8, 4) is 0 Å². The van der Waals surface area contributed by atoms with Crippen molar-refractivity contribution in [3.63, 3.8) is 0 Å². The highest BCUT2D eigenvalue weighted by Gasteiger charge is 2.14. The highest BCUT2D eigenvalue weighted by molar-refractivity contribution is 5.47. The molecule has 0 heterocycles. The molecule has 0 N–H and O–H groups in total. The van der Waals surface area contributed by atoms with Gasteiger partial charge in [-0.3, -0.25) is 0 Å². The first kappa shape index (κ1) is 14.4. The Hall–Kier alpha value is -1.56. The monoisotopic (exact) mass is 278 g/mol. The average Bonchev–Trinajstić information content (AvgIpc) is 2.45. The molecule has 0 spiro atoms. The van der Waals surface area contributed by atoms with E-state index in [9.17, 15) is 0 Å². The van der Waals surface area contributed by atoms with Gasteiger partial charge >= 0.3 is 0 Å². The molecule has 0 amide bonds. The second-order valence-corrected chi connectivity index (χ2v) is 6.71. The molecule has 0 saturated carbocycles. The van der Waals surface area contributed by atoms with Gasteiger partial charge in [-0.15, -0.1) is 0 Å². The quantitative estimate of drug-likeness (QED) is 0.628. The van der Waals surface area contributed by atoms with E-state index in [1.54, 1.807) is 5.56 Å². The van der Waals surface area contributed by atoms with Gasteiger partial charge in [0.25, 0.3) is 0 Å². The number of hydrogen-bond acceptors (Lipinski definition) is 0. The number of benzene rings is 2. The smallest absolute Gasteiger partial charge is 0.0233 e. The fraction of sp³-hybridized carbons (Fsp3) is 0.429. The van der Waals surface area contributed by atoms with Gasteiger partial charge in [0, 0.05) is 0 Å². The second kappa shape index (κ2) is 5.33. The Balaban J connectivity index is 2.16. The van der Waals surface area contributed by atoms with Gasteiger partial charge in [-0.1, -0.05) is 18.2 Å². The Morgan fingerprint density at radius 1 is 0.571 bits per heavy atom. The van der Waals surface area contributed by atoms with Gasteiger partial charge in [-0.2, -0.15) is 0 Å². The van der Waals surface area contributed by atoms with E-state index in [0.717, 1.165) is 19.3 Å². The van der Waals surface area contributed by atoms with Crippen molar-refractivity contribution in [3.05, 3.63) is 68.3 Å². The van der Waals surface area contributed by atoms with Crippen LogP contribution in [0.1, 0.15) is 50.1 Å². The van der Waals surface area contributed by atoms with Crippen molar-refractivity contribution in [2.45, 2.75) is 60.3 Å². The Bertz CT molecular complexity index is 705. The fourth-order valence-corrected chi connectivity index (χ4v) is 3.87. The zero-order chi connectivity index (χ0) is 15.1. The van der Waals surface area contributed by atoms with Gasteiger partial charge in [0.15, 0.2) is 0 Å². The third kappa shape index (κ3) is 2.41. The van der Waals surface area contributed by atoms with Crippen molar-refractivity contribution >= 4 is 0 Å². The van der Waals surface area contributed by atoms with Gasteiger partial charge in [0.1, 0.15) is 0 Å². The molecular weight excluding hydrogens is 252 g/mol. The number of rotatable bonds is 0. The van der Waals surface area contributed by atoms with Crippen molar-refractivity contribution in [2.24, 2.45) is 0 Å². The van der Waals surface area contributed by atoms with Gasteiger partial charge in [0.05, 0.1) is 0 Å². The molecule has 0 heteroatoms. The summed E-state index contributed by atoms with van der Waals surface area (Å²) in [7, 11) is 0. The van der Waals surface area contributed by atoms with Crippen LogP contribution >= 0.6 is 0 Å². The van der Waals surface area contributed by atoms with Crippen LogP contribution in [0.2, 0.25) is 0 Å². The van der Waals surface area contributed by atoms with Crippen LogP contribution < -0.4 is 0 Å². The average molecular weight is 278 g/mol. The molecule has 4 aliphatic carbocycles. The number of aryl methyl sites for hydroxylation is 4. The van der Waals surface area contributed by atoms with E-state index in [0.29, 0.717) is 0 Å². The summed E-state index contributed by atoms with van der Waals surface area (Å²) < 4.78 is 0. The summed E-state index contributed by atoms with van der Waals surface area (Å²) in [5, 5.41) is 0. The van der Waals surface area contributed by atoms with Crippen molar-refractivity contribution < 1.29 is 0 Å². The zero-order valence-corrected chi connectivity index (χ0v) is 14.1. The molecule has 0 unspecified atom stereocenters. The summed E-state index contributed by atoms with van der Waals surface area (Å²) in [6, 6.07) is 7.16. The lowest BCUT2D eigenvalue weighted by molar-refractivity contribution is 0.876.